The van der Waals surface area contributed by atoms with Gasteiger partial charge in [0.2, 0.25) is 0 Å². The predicted octanol–water partition coefficient (Wildman–Crippen LogP) is 1.62. The molecule has 0 spiro atoms. The number of nitrogens with two attached hydrogens (primary N) is 1. The number of halogens is 3. The smallest absolute Gasteiger partial charge is 0.264 e. The summed E-state index contributed by atoms with van der Waals surface area (Å²) in [6.07, 6.45) is -2.69. The molecule has 0 bridgehead atoms. The molecule has 1 heterocycles. The lowest BCUT2D eigenvalue weighted by Crippen LogP contribution is -2.08. The number of aliphatic hydroxyl groups is 1. The molecular formula is C8H9ClF2N2O. The van der Waals surface area contributed by atoms with Gasteiger partial charge in [-0.1, -0.05) is 11.6 Å². The third-order valence-electron chi connectivity index (χ3n) is 1.80. The number of alkyl halides is 2. The van der Waals surface area contributed by atoms with Crippen molar-refractivity contribution < 1.29 is 13.9 Å². The summed E-state index contributed by atoms with van der Waals surface area (Å²) in [6.45, 7) is -0.549. The zero-order valence-corrected chi connectivity index (χ0v) is 7.93. The van der Waals surface area contributed by atoms with Gasteiger partial charge >= 0.3 is 0 Å². The summed E-state index contributed by atoms with van der Waals surface area (Å²) >= 11 is 5.52. The molecule has 1 rings (SSSR count). The molecule has 14 heavy (non-hydrogen) atoms. The summed E-state index contributed by atoms with van der Waals surface area (Å²) in [4.78, 5) is 3.75. The van der Waals surface area contributed by atoms with Crippen LogP contribution in [0, 0.1) is 0 Å². The highest BCUT2D eigenvalue weighted by molar-refractivity contribution is 6.29. The minimum Gasteiger partial charge on any atom is -0.392 e. The fourth-order valence-corrected chi connectivity index (χ4v) is 1.38. The maximum atomic E-state index is 12.5. The van der Waals surface area contributed by atoms with E-state index in [1.54, 1.807) is 0 Å². The summed E-state index contributed by atoms with van der Waals surface area (Å²) in [7, 11) is 0. The number of aliphatic hydroxyl groups excluding tert-OH is 1. The summed E-state index contributed by atoms with van der Waals surface area (Å²) in [5, 5.41) is 8.85. The standard InChI is InChI=1S/C8H9ClF2N2O/c9-7-1-4(8(10)11)5(3-14)6(2-12)13-7/h1,8,14H,2-3,12H2. The predicted molar refractivity (Wildman–Crippen MR) is 48.0 cm³/mol. The number of nitrogens with zero attached hydrogens (tertiary/aromatic N) is 1. The van der Waals surface area contributed by atoms with E-state index < -0.39 is 13.0 Å². The van der Waals surface area contributed by atoms with Crippen molar-refractivity contribution in [2.45, 2.75) is 19.6 Å². The van der Waals surface area contributed by atoms with Gasteiger partial charge in [-0.3, -0.25) is 0 Å². The monoisotopic (exact) mass is 222 g/mol. The Morgan fingerprint density at radius 1 is 1.57 bits per heavy atom. The molecule has 6 heteroatoms. The second-order valence-corrected chi connectivity index (χ2v) is 3.01. The third kappa shape index (κ3) is 2.17. The molecule has 0 aliphatic rings. The van der Waals surface area contributed by atoms with Gasteiger partial charge in [-0.05, 0) is 6.07 Å². The first-order chi connectivity index (χ1) is 6.60. The molecule has 0 fully saturated rings. The van der Waals surface area contributed by atoms with E-state index in [9.17, 15) is 8.78 Å². The van der Waals surface area contributed by atoms with E-state index >= 15 is 0 Å². The highest BCUT2D eigenvalue weighted by atomic mass is 35.5. The van der Waals surface area contributed by atoms with E-state index in [4.69, 9.17) is 22.4 Å². The first kappa shape index (κ1) is 11.3. The fourth-order valence-electron chi connectivity index (χ4n) is 1.16. The van der Waals surface area contributed by atoms with Crippen LogP contribution in [0.15, 0.2) is 6.07 Å². The fraction of sp³-hybridized carbons (Fsp3) is 0.375. The van der Waals surface area contributed by atoms with Crippen molar-refractivity contribution in [3.63, 3.8) is 0 Å². The molecule has 0 atom stereocenters. The van der Waals surface area contributed by atoms with Crippen molar-refractivity contribution in [3.05, 3.63) is 28.0 Å². The van der Waals surface area contributed by atoms with Gasteiger partial charge in [-0.15, -0.1) is 0 Å². The maximum Gasteiger partial charge on any atom is 0.264 e. The Kier molecular flexibility index (Phi) is 3.74. The van der Waals surface area contributed by atoms with Crippen LogP contribution < -0.4 is 5.73 Å². The van der Waals surface area contributed by atoms with Crippen LogP contribution in [0.1, 0.15) is 23.2 Å². The molecule has 3 N–H and O–H groups in total. The quantitative estimate of drug-likeness (QED) is 0.765. The SMILES string of the molecule is NCc1nc(Cl)cc(C(F)F)c1CO. The Morgan fingerprint density at radius 2 is 2.21 bits per heavy atom. The number of hydrogen-bond donors (Lipinski definition) is 2. The zero-order chi connectivity index (χ0) is 10.7. The minimum atomic E-state index is -2.69. The van der Waals surface area contributed by atoms with Crippen molar-refractivity contribution in [1.82, 2.24) is 4.98 Å². The topological polar surface area (TPSA) is 59.1 Å². The Morgan fingerprint density at radius 3 is 2.64 bits per heavy atom. The Bertz CT molecular complexity index is 333. The summed E-state index contributed by atoms with van der Waals surface area (Å²) in [5.41, 5.74) is 5.24. The van der Waals surface area contributed by atoms with Gasteiger partial charge in [-0.2, -0.15) is 0 Å². The molecule has 1 aromatic heterocycles. The van der Waals surface area contributed by atoms with Gasteiger partial charge in [0.1, 0.15) is 5.15 Å². The van der Waals surface area contributed by atoms with Gasteiger partial charge in [-0.25, -0.2) is 13.8 Å². The van der Waals surface area contributed by atoms with Crippen LogP contribution in [0.4, 0.5) is 8.78 Å². The van der Waals surface area contributed by atoms with Crippen LogP contribution in [0.3, 0.4) is 0 Å². The van der Waals surface area contributed by atoms with Crippen molar-refractivity contribution in [2.24, 2.45) is 5.73 Å². The first-order valence-corrected chi connectivity index (χ1v) is 4.25. The zero-order valence-electron chi connectivity index (χ0n) is 7.17. The van der Waals surface area contributed by atoms with E-state index in [-0.39, 0.29) is 28.5 Å². The van der Waals surface area contributed by atoms with Gasteiger partial charge in [0, 0.05) is 17.7 Å². The van der Waals surface area contributed by atoms with Crippen LogP contribution in [0.2, 0.25) is 5.15 Å². The molecule has 0 saturated carbocycles. The van der Waals surface area contributed by atoms with E-state index in [0.29, 0.717) is 0 Å². The summed E-state index contributed by atoms with van der Waals surface area (Å²) in [6, 6.07) is 1.04. The van der Waals surface area contributed by atoms with E-state index in [1.165, 1.54) is 0 Å². The lowest BCUT2D eigenvalue weighted by molar-refractivity contribution is 0.146. The maximum absolute atomic E-state index is 12.5. The summed E-state index contributed by atoms with van der Waals surface area (Å²) < 4.78 is 24.9. The van der Waals surface area contributed by atoms with Gasteiger partial charge < -0.3 is 10.8 Å². The molecular weight excluding hydrogens is 214 g/mol. The first-order valence-electron chi connectivity index (χ1n) is 3.87. The van der Waals surface area contributed by atoms with Crippen LogP contribution in [-0.2, 0) is 13.2 Å². The molecule has 1 aromatic rings. The molecule has 3 nitrogen and oxygen atoms in total. The molecule has 0 saturated heterocycles. The van der Waals surface area contributed by atoms with Gasteiger partial charge in [0.25, 0.3) is 6.43 Å². The number of hydrogen-bond acceptors (Lipinski definition) is 3. The normalized spacial score (nSPS) is 11.0. The number of rotatable bonds is 3. The van der Waals surface area contributed by atoms with Crippen LogP contribution in [0.5, 0.6) is 0 Å². The second kappa shape index (κ2) is 4.63. The second-order valence-electron chi connectivity index (χ2n) is 2.62. The molecule has 0 aliphatic heterocycles. The average Bonchev–Trinajstić information content (AvgIpc) is 2.16. The van der Waals surface area contributed by atoms with Crippen molar-refractivity contribution >= 4 is 11.6 Å². The lowest BCUT2D eigenvalue weighted by atomic mass is 10.1. The van der Waals surface area contributed by atoms with Gasteiger partial charge in [0.05, 0.1) is 12.3 Å². The van der Waals surface area contributed by atoms with E-state index in [0.717, 1.165) is 6.07 Å². The van der Waals surface area contributed by atoms with Crippen molar-refractivity contribution in [3.8, 4) is 0 Å². The third-order valence-corrected chi connectivity index (χ3v) is 1.99. The number of pyridine rings is 1. The lowest BCUT2D eigenvalue weighted by Gasteiger charge is -2.10. The molecule has 0 unspecified atom stereocenters. The van der Waals surface area contributed by atoms with Crippen LogP contribution >= 0.6 is 11.6 Å². The molecule has 0 aliphatic carbocycles. The molecule has 0 radical (unpaired) electrons. The molecule has 78 valence electrons. The Hall–Kier alpha value is -0.780. The van der Waals surface area contributed by atoms with Crippen molar-refractivity contribution in [2.75, 3.05) is 0 Å². The number of aromatic nitrogens is 1. The Labute approximate surface area is 84.5 Å². The van der Waals surface area contributed by atoms with Crippen LogP contribution in [-0.4, -0.2) is 10.1 Å². The highest BCUT2D eigenvalue weighted by Gasteiger charge is 2.17. The summed E-state index contributed by atoms with van der Waals surface area (Å²) in [5.74, 6) is 0. The average molecular weight is 223 g/mol. The Balaban J connectivity index is 3.31. The molecule has 0 amide bonds. The van der Waals surface area contributed by atoms with Crippen LogP contribution in [0.25, 0.3) is 0 Å². The van der Waals surface area contributed by atoms with Gasteiger partial charge in [0.15, 0.2) is 0 Å². The van der Waals surface area contributed by atoms with Crippen molar-refractivity contribution in [1.29, 1.82) is 0 Å². The largest absolute Gasteiger partial charge is 0.392 e. The highest BCUT2D eigenvalue weighted by Crippen LogP contribution is 2.27. The molecule has 0 aromatic carbocycles. The minimum absolute atomic E-state index is 0.0316. The van der Waals surface area contributed by atoms with E-state index in [1.807, 2.05) is 0 Å². The van der Waals surface area contributed by atoms with E-state index in [2.05, 4.69) is 4.98 Å².